The van der Waals surface area contributed by atoms with Crippen molar-refractivity contribution in [3.63, 3.8) is 0 Å². The molecule has 3 heterocycles. The van der Waals surface area contributed by atoms with Crippen LogP contribution in [0.3, 0.4) is 0 Å². The number of aromatic nitrogens is 5. The summed E-state index contributed by atoms with van der Waals surface area (Å²) in [7, 11) is 0. The van der Waals surface area contributed by atoms with E-state index in [9.17, 15) is 13.6 Å². The molecule has 12 heteroatoms. The van der Waals surface area contributed by atoms with E-state index in [0.717, 1.165) is 4.68 Å². The van der Waals surface area contributed by atoms with E-state index in [1.807, 2.05) is 0 Å². The Labute approximate surface area is 172 Å². The minimum absolute atomic E-state index is 0.158. The molecular weight excluding hydrogens is 422 g/mol. The minimum Gasteiger partial charge on any atom is -0.480 e. The Morgan fingerprint density at radius 3 is 2.93 bits per heavy atom. The minimum atomic E-state index is -3.06. The molecule has 0 atom stereocenters. The summed E-state index contributed by atoms with van der Waals surface area (Å²) in [6.07, 6.45) is 4.52. The van der Waals surface area contributed by atoms with Gasteiger partial charge in [-0.25, -0.2) is 4.98 Å². The zero-order chi connectivity index (χ0) is 21.3. The van der Waals surface area contributed by atoms with Crippen molar-refractivity contribution in [2.75, 3.05) is 5.32 Å². The lowest BCUT2D eigenvalue weighted by atomic mass is 10.1. The summed E-state index contributed by atoms with van der Waals surface area (Å²) >= 11 is 6.05. The van der Waals surface area contributed by atoms with E-state index in [-0.39, 0.29) is 22.0 Å². The molecule has 0 aliphatic heterocycles. The van der Waals surface area contributed by atoms with Gasteiger partial charge >= 0.3 is 12.6 Å². The number of nitrogens with one attached hydrogen (secondary N) is 1. The van der Waals surface area contributed by atoms with Crippen molar-refractivity contribution in [2.24, 2.45) is 0 Å². The van der Waals surface area contributed by atoms with Crippen LogP contribution in [0.4, 0.5) is 20.3 Å². The van der Waals surface area contributed by atoms with Crippen LogP contribution in [0, 0.1) is 0 Å². The maximum atomic E-state index is 12.9. The van der Waals surface area contributed by atoms with Crippen molar-refractivity contribution < 1.29 is 23.4 Å². The van der Waals surface area contributed by atoms with Gasteiger partial charge in [0.05, 0.1) is 11.9 Å². The molecule has 0 bridgehead atoms. The van der Waals surface area contributed by atoms with Gasteiger partial charge in [-0.05, 0) is 30.3 Å². The second-order valence-corrected chi connectivity index (χ2v) is 6.50. The van der Waals surface area contributed by atoms with E-state index in [4.69, 9.17) is 16.7 Å². The second-order valence-electron chi connectivity index (χ2n) is 6.06. The lowest BCUT2D eigenvalue weighted by Gasteiger charge is -2.11. The first-order valence-corrected chi connectivity index (χ1v) is 8.88. The van der Waals surface area contributed by atoms with Crippen molar-refractivity contribution in [3.8, 4) is 17.0 Å². The molecule has 0 amide bonds. The molecule has 0 radical (unpaired) electrons. The van der Waals surface area contributed by atoms with Crippen molar-refractivity contribution in [1.29, 1.82) is 0 Å². The third-order valence-electron chi connectivity index (χ3n) is 4.01. The van der Waals surface area contributed by atoms with Crippen LogP contribution in [-0.2, 0) is 11.3 Å². The van der Waals surface area contributed by atoms with Gasteiger partial charge in [0.15, 0.2) is 11.5 Å². The maximum absolute atomic E-state index is 12.9. The van der Waals surface area contributed by atoms with Gasteiger partial charge in [0.2, 0.25) is 0 Å². The molecule has 0 aliphatic carbocycles. The van der Waals surface area contributed by atoms with Crippen LogP contribution in [0.25, 0.3) is 16.9 Å². The number of halogens is 3. The highest BCUT2D eigenvalue weighted by atomic mass is 35.5. The van der Waals surface area contributed by atoms with Crippen LogP contribution in [0.5, 0.6) is 5.75 Å². The molecule has 4 rings (SSSR count). The fourth-order valence-corrected chi connectivity index (χ4v) is 3.04. The molecule has 0 saturated heterocycles. The summed E-state index contributed by atoms with van der Waals surface area (Å²) < 4.78 is 33.0. The Morgan fingerprint density at radius 1 is 1.33 bits per heavy atom. The Kier molecular flexibility index (Phi) is 5.19. The molecule has 30 heavy (non-hydrogen) atoms. The normalized spacial score (nSPS) is 11.2. The third-order valence-corrected chi connectivity index (χ3v) is 4.25. The number of benzene rings is 1. The monoisotopic (exact) mass is 434 g/mol. The predicted octanol–water partition coefficient (Wildman–Crippen LogP) is 3.68. The number of hydrogen-bond donors (Lipinski definition) is 2. The van der Waals surface area contributed by atoms with Crippen molar-refractivity contribution >= 4 is 34.7 Å². The molecule has 2 N–H and O–H groups in total. The first-order chi connectivity index (χ1) is 14.4. The summed E-state index contributed by atoms with van der Waals surface area (Å²) in [5.41, 5.74) is 1.23. The van der Waals surface area contributed by atoms with Crippen LogP contribution >= 0.6 is 11.6 Å². The quantitative estimate of drug-likeness (QED) is 0.457. The lowest BCUT2D eigenvalue weighted by molar-refractivity contribution is -0.137. The van der Waals surface area contributed by atoms with E-state index in [1.54, 1.807) is 18.3 Å². The summed E-state index contributed by atoms with van der Waals surface area (Å²) in [6.45, 7) is -3.50. The van der Waals surface area contributed by atoms with Gasteiger partial charge in [-0.3, -0.25) is 9.48 Å². The highest BCUT2D eigenvalue weighted by molar-refractivity contribution is 6.31. The summed E-state index contributed by atoms with van der Waals surface area (Å²) in [5.74, 6) is -0.823. The zero-order valence-corrected chi connectivity index (χ0v) is 15.8. The SMILES string of the molecule is O=C(O)Cn1cc(Nc2cnc3cccnn23)c(-c2cc(Cl)ccc2OC(F)F)n1. The second kappa shape index (κ2) is 7.95. The van der Waals surface area contributed by atoms with Crippen LogP contribution < -0.4 is 10.1 Å². The molecule has 0 unspecified atom stereocenters. The Balaban J connectivity index is 1.82. The predicted molar refractivity (Wildman–Crippen MR) is 103 cm³/mol. The molecule has 0 fully saturated rings. The maximum Gasteiger partial charge on any atom is 0.387 e. The summed E-state index contributed by atoms with van der Waals surface area (Å²) in [5, 5.41) is 20.9. The van der Waals surface area contributed by atoms with Crippen LogP contribution in [0.2, 0.25) is 5.02 Å². The number of ether oxygens (including phenoxy) is 1. The average Bonchev–Trinajstić information content (AvgIpc) is 3.27. The molecule has 1 aromatic carbocycles. The van der Waals surface area contributed by atoms with Gasteiger partial charge in [0, 0.05) is 23.0 Å². The van der Waals surface area contributed by atoms with Crippen molar-refractivity contribution in [2.45, 2.75) is 13.2 Å². The Bertz CT molecular complexity index is 1230. The number of fused-ring (bicyclic) bond motifs is 1. The van der Waals surface area contributed by atoms with Crippen LogP contribution in [0.15, 0.2) is 48.9 Å². The van der Waals surface area contributed by atoms with Gasteiger partial charge in [-0.2, -0.15) is 23.5 Å². The molecule has 9 nitrogen and oxygen atoms in total. The van der Waals surface area contributed by atoms with E-state index in [2.05, 4.69) is 25.2 Å². The number of nitrogens with zero attached hydrogens (tertiary/aromatic N) is 5. The number of carboxylic acids is 1. The summed E-state index contributed by atoms with van der Waals surface area (Å²) in [6, 6.07) is 7.57. The van der Waals surface area contributed by atoms with E-state index in [1.165, 1.54) is 35.1 Å². The number of aliphatic carboxylic acids is 1. The number of rotatable bonds is 7. The average molecular weight is 435 g/mol. The molecule has 0 saturated carbocycles. The molecule has 0 spiro atoms. The highest BCUT2D eigenvalue weighted by Gasteiger charge is 2.20. The zero-order valence-electron chi connectivity index (χ0n) is 15.0. The fourth-order valence-electron chi connectivity index (χ4n) is 2.87. The van der Waals surface area contributed by atoms with E-state index in [0.29, 0.717) is 17.2 Å². The molecule has 4 aromatic rings. The van der Waals surface area contributed by atoms with Gasteiger partial charge < -0.3 is 15.2 Å². The van der Waals surface area contributed by atoms with Crippen LogP contribution in [0.1, 0.15) is 0 Å². The molecule has 154 valence electrons. The highest BCUT2D eigenvalue weighted by Crippen LogP contribution is 2.37. The first-order valence-electron chi connectivity index (χ1n) is 8.50. The van der Waals surface area contributed by atoms with Gasteiger partial charge in [0.1, 0.15) is 18.0 Å². The fraction of sp³-hybridized carbons (Fsp3) is 0.111. The van der Waals surface area contributed by atoms with Gasteiger partial charge in [-0.15, -0.1) is 0 Å². The number of carbonyl (C=O) groups is 1. The number of hydrogen-bond acceptors (Lipinski definition) is 6. The smallest absolute Gasteiger partial charge is 0.387 e. The lowest BCUT2D eigenvalue weighted by Crippen LogP contribution is -2.09. The topological polar surface area (TPSA) is 107 Å². The third kappa shape index (κ3) is 4.01. The van der Waals surface area contributed by atoms with E-state index >= 15 is 0 Å². The standard InChI is InChI=1S/C18H13ClF2N6O3/c19-10-3-4-13(30-18(20)21)11(6-10)17-12(8-26(25-17)9-16(28)29)24-15-7-22-14-2-1-5-23-27(14)15/h1-8,18,24H,9H2,(H,28,29). The largest absolute Gasteiger partial charge is 0.480 e. The molecular formula is C18H13ClF2N6O3. The van der Waals surface area contributed by atoms with Crippen molar-refractivity contribution in [3.05, 3.63) is 53.9 Å². The van der Waals surface area contributed by atoms with Crippen molar-refractivity contribution in [1.82, 2.24) is 24.4 Å². The van der Waals surface area contributed by atoms with Gasteiger partial charge in [0.25, 0.3) is 0 Å². The van der Waals surface area contributed by atoms with Gasteiger partial charge in [-0.1, -0.05) is 11.6 Å². The Hall–Kier alpha value is -3.73. The number of alkyl halides is 2. The summed E-state index contributed by atoms with van der Waals surface area (Å²) in [4.78, 5) is 15.3. The Morgan fingerprint density at radius 2 is 2.17 bits per heavy atom. The van der Waals surface area contributed by atoms with Crippen LogP contribution in [-0.4, -0.2) is 42.1 Å². The molecule has 0 aliphatic rings. The van der Waals surface area contributed by atoms with E-state index < -0.39 is 19.1 Å². The number of anilines is 2. The molecule has 3 aromatic heterocycles. The number of carboxylic acid groups (broad SMARTS) is 1. The first kappa shape index (κ1) is 19.6. The number of imidazole rings is 1.